The largest absolute Gasteiger partial charge is 0.493 e. The van der Waals surface area contributed by atoms with Crippen LogP contribution < -0.4 is 20.1 Å². The summed E-state index contributed by atoms with van der Waals surface area (Å²) < 4.78 is 11.2. The maximum absolute atomic E-state index is 9.41. The lowest BCUT2D eigenvalue weighted by atomic mass is 9.79. The van der Waals surface area contributed by atoms with Crippen LogP contribution in [-0.4, -0.2) is 44.5 Å². The van der Waals surface area contributed by atoms with Crippen molar-refractivity contribution in [3.05, 3.63) is 23.8 Å². The van der Waals surface area contributed by atoms with Crippen LogP contribution in [0.25, 0.3) is 0 Å². The zero-order chi connectivity index (χ0) is 20.8. The van der Waals surface area contributed by atoms with Crippen LogP contribution in [0.4, 0.5) is 0 Å². The van der Waals surface area contributed by atoms with Crippen molar-refractivity contribution < 1.29 is 14.6 Å². The first-order chi connectivity index (χ1) is 13.6. The van der Waals surface area contributed by atoms with E-state index < -0.39 is 0 Å². The molecule has 3 N–H and O–H groups in total. The summed E-state index contributed by atoms with van der Waals surface area (Å²) in [6.07, 6.45) is 3.79. The Morgan fingerprint density at radius 3 is 2.43 bits per heavy atom. The number of aliphatic imine (C=N–C) groups is 1. The zero-order valence-electron chi connectivity index (χ0n) is 18.3. The molecule has 0 aromatic heterocycles. The molecule has 1 aromatic carbocycles. The topological polar surface area (TPSA) is 75.1 Å². The molecule has 0 bridgehead atoms. The number of benzene rings is 1. The van der Waals surface area contributed by atoms with Gasteiger partial charge in [-0.05, 0) is 55.7 Å². The summed E-state index contributed by atoms with van der Waals surface area (Å²) in [5.74, 6) is 2.29. The Bertz CT molecular complexity index is 586. The van der Waals surface area contributed by atoms with Gasteiger partial charge in [0.1, 0.15) is 0 Å². The summed E-state index contributed by atoms with van der Waals surface area (Å²) in [4.78, 5) is 4.72. The highest BCUT2D eigenvalue weighted by molar-refractivity contribution is 5.79. The van der Waals surface area contributed by atoms with Gasteiger partial charge in [0.2, 0.25) is 0 Å². The molecule has 6 heteroatoms. The van der Waals surface area contributed by atoms with Crippen molar-refractivity contribution in [2.75, 3.05) is 33.4 Å². The third-order valence-electron chi connectivity index (χ3n) is 5.23. The molecule has 0 atom stereocenters. The Morgan fingerprint density at radius 2 is 1.86 bits per heavy atom. The van der Waals surface area contributed by atoms with Gasteiger partial charge in [0.25, 0.3) is 0 Å². The molecule has 0 unspecified atom stereocenters. The van der Waals surface area contributed by atoms with E-state index in [1.807, 2.05) is 18.2 Å². The molecule has 0 aliphatic carbocycles. The van der Waals surface area contributed by atoms with E-state index in [1.54, 1.807) is 7.11 Å². The number of aliphatic hydroxyl groups is 1. The summed E-state index contributed by atoms with van der Waals surface area (Å²) in [6, 6.07) is 5.95. The van der Waals surface area contributed by atoms with Gasteiger partial charge in [-0.3, -0.25) is 0 Å². The van der Waals surface area contributed by atoms with Crippen molar-refractivity contribution in [1.82, 2.24) is 10.6 Å². The van der Waals surface area contributed by atoms with Crippen LogP contribution >= 0.6 is 0 Å². The number of nitrogens with one attached hydrogen (secondary N) is 2. The number of hydrogen-bond donors (Lipinski definition) is 3. The van der Waals surface area contributed by atoms with Gasteiger partial charge in [-0.2, -0.15) is 0 Å². The molecule has 0 aliphatic heterocycles. The molecule has 0 radical (unpaired) electrons. The fraction of sp³-hybridized carbons (Fsp3) is 0.682. The Hall–Kier alpha value is -1.95. The van der Waals surface area contributed by atoms with Crippen molar-refractivity contribution >= 4 is 5.96 Å². The summed E-state index contributed by atoms with van der Waals surface area (Å²) in [7, 11) is 1.66. The second kappa shape index (κ2) is 13.3. The van der Waals surface area contributed by atoms with Crippen molar-refractivity contribution in [2.24, 2.45) is 10.4 Å². The van der Waals surface area contributed by atoms with Crippen LogP contribution in [0.3, 0.4) is 0 Å². The van der Waals surface area contributed by atoms with E-state index in [0.29, 0.717) is 13.2 Å². The molecule has 0 saturated heterocycles. The van der Waals surface area contributed by atoms with Crippen molar-refractivity contribution in [1.29, 1.82) is 0 Å². The number of methoxy groups -OCH3 is 1. The Morgan fingerprint density at radius 1 is 1.11 bits per heavy atom. The summed E-state index contributed by atoms with van der Waals surface area (Å²) in [5, 5.41) is 16.2. The van der Waals surface area contributed by atoms with Crippen LogP contribution in [0.1, 0.15) is 58.9 Å². The van der Waals surface area contributed by atoms with Gasteiger partial charge in [0.15, 0.2) is 17.5 Å². The van der Waals surface area contributed by atoms with Crippen LogP contribution in [0.2, 0.25) is 0 Å². The second-order valence-electron chi connectivity index (χ2n) is 7.06. The quantitative estimate of drug-likeness (QED) is 0.352. The molecule has 0 fully saturated rings. The molecule has 0 spiro atoms. The van der Waals surface area contributed by atoms with E-state index in [0.717, 1.165) is 61.8 Å². The molecule has 1 rings (SSSR count). The standard InChI is InChI=1S/C22H39N3O3/c1-6-14-28-19-11-10-18(15-20(19)27-5)16-24-21(23-9-4)25-17-22(7-2,8-3)12-13-26/h10-11,15,26H,6-9,12-14,16-17H2,1-5H3,(H2,23,24,25). The average Bonchev–Trinajstić information content (AvgIpc) is 2.73. The lowest BCUT2D eigenvalue weighted by Gasteiger charge is -2.32. The van der Waals surface area contributed by atoms with Gasteiger partial charge < -0.3 is 25.2 Å². The molecule has 0 heterocycles. The van der Waals surface area contributed by atoms with E-state index in [-0.39, 0.29) is 12.0 Å². The van der Waals surface area contributed by atoms with Gasteiger partial charge in [0, 0.05) is 19.7 Å². The average molecular weight is 394 g/mol. The van der Waals surface area contributed by atoms with E-state index >= 15 is 0 Å². The number of aliphatic hydroxyl groups excluding tert-OH is 1. The minimum absolute atomic E-state index is 0.0897. The molecule has 160 valence electrons. The zero-order valence-corrected chi connectivity index (χ0v) is 18.3. The maximum Gasteiger partial charge on any atom is 0.191 e. The Labute approximate surface area is 170 Å². The third-order valence-corrected chi connectivity index (χ3v) is 5.23. The number of nitrogens with zero attached hydrogens (tertiary/aromatic N) is 1. The molecule has 0 amide bonds. The molecule has 6 nitrogen and oxygen atoms in total. The van der Waals surface area contributed by atoms with Crippen LogP contribution in [0.15, 0.2) is 23.2 Å². The third kappa shape index (κ3) is 7.58. The van der Waals surface area contributed by atoms with Crippen molar-refractivity contribution in [3.63, 3.8) is 0 Å². The molecule has 0 aliphatic rings. The Balaban J connectivity index is 2.83. The summed E-state index contributed by atoms with van der Waals surface area (Å²) >= 11 is 0. The highest BCUT2D eigenvalue weighted by atomic mass is 16.5. The highest BCUT2D eigenvalue weighted by Gasteiger charge is 2.25. The minimum Gasteiger partial charge on any atom is -0.493 e. The first-order valence-electron chi connectivity index (χ1n) is 10.5. The number of hydrogen-bond acceptors (Lipinski definition) is 4. The fourth-order valence-electron chi connectivity index (χ4n) is 3.10. The van der Waals surface area contributed by atoms with Gasteiger partial charge in [-0.25, -0.2) is 4.99 Å². The number of guanidine groups is 1. The summed E-state index contributed by atoms with van der Waals surface area (Å²) in [5.41, 5.74) is 1.15. The van der Waals surface area contributed by atoms with Crippen LogP contribution in [0.5, 0.6) is 11.5 Å². The molecule has 0 saturated carbocycles. The van der Waals surface area contributed by atoms with Crippen LogP contribution in [0, 0.1) is 5.41 Å². The predicted molar refractivity (Wildman–Crippen MR) is 116 cm³/mol. The fourth-order valence-corrected chi connectivity index (χ4v) is 3.10. The minimum atomic E-state index is 0.0897. The predicted octanol–water partition coefficient (Wildman–Crippen LogP) is 3.73. The lowest BCUT2D eigenvalue weighted by Crippen LogP contribution is -2.43. The first-order valence-corrected chi connectivity index (χ1v) is 10.5. The van der Waals surface area contributed by atoms with Crippen molar-refractivity contribution in [3.8, 4) is 11.5 Å². The molecule has 1 aromatic rings. The monoisotopic (exact) mass is 393 g/mol. The smallest absolute Gasteiger partial charge is 0.191 e. The van der Waals surface area contributed by atoms with E-state index in [9.17, 15) is 5.11 Å². The van der Waals surface area contributed by atoms with E-state index in [2.05, 4.69) is 38.3 Å². The Kier molecular flexibility index (Phi) is 11.4. The van der Waals surface area contributed by atoms with Crippen LogP contribution in [-0.2, 0) is 6.54 Å². The van der Waals surface area contributed by atoms with Crippen molar-refractivity contribution in [2.45, 2.75) is 59.9 Å². The van der Waals surface area contributed by atoms with Gasteiger partial charge in [-0.15, -0.1) is 0 Å². The number of ether oxygens (including phenoxy) is 2. The van der Waals surface area contributed by atoms with Gasteiger partial charge in [-0.1, -0.05) is 26.8 Å². The van der Waals surface area contributed by atoms with Gasteiger partial charge >= 0.3 is 0 Å². The molecular weight excluding hydrogens is 354 g/mol. The normalized spacial score (nSPS) is 12.0. The number of rotatable bonds is 13. The summed E-state index contributed by atoms with van der Waals surface area (Å²) in [6.45, 7) is 11.5. The maximum atomic E-state index is 9.41. The van der Waals surface area contributed by atoms with E-state index in [1.165, 1.54) is 0 Å². The van der Waals surface area contributed by atoms with Gasteiger partial charge in [0.05, 0.1) is 20.3 Å². The SMILES string of the molecule is CCCOc1ccc(CN=C(NCC)NCC(CC)(CC)CCO)cc1OC. The second-order valence-corrected chi connectivity index (χ2v) is 7.06. The highest BCUT2D eigenvalue weighted by Crippen LogP contribution is 2.30. The molecule has 28 heavy (non-hydrogen) atoms. The lowest BCUT2D eigenvalue weighted by molar-refractivity contribution is 0.169. The first kappa shape index (κ1) is 24.1. The molecular formula is C22H39N3O3. The van der Waals surface area contributed by atoms with E-state index in [4.69, 9.17) is 14.5 Å².